The molecular weight excluding hydrogens is 198 g/mol. The Bertz CT molecular complexity index is 510. The Hall–Kier alpha value is -1.55. The van der Waals surface area contributed by atoms with E-state index in [1.807, 2.05) is 0 Å². The number of rotatable bonds is 1. The van der Waals surface area contributed by atoms with Gasteiger partial charge < -0.3 is 5.11 Å². The van der Waals surface area contributed by atoms with Crippen LogP contribution in [0.3, 0.4) is 0 Å². The van der Waals surface area contributed by atoms with Crippen molar-refractivity contribution in [2.24, 2.45) is 0 Å². The number of carboxylic acids is 1. The highest BCUT2D eigenvalue weighted by atomic mass is 32.1. The molecule has 14 heavy (non-hydrogen) atoms. The minimum absolute atomic E-state index is 0.255. The van der Waals surface area contributed by atoms with Crippen molar-refractivity contribution < 1.29 is 9.90 Å². The lowest BCUT2D eigenvalue weighted by Gasteiger charge is -2.02. The van der Waals surface area contributed by atoms with Gasteiger partial charge in [0, 0.05) is 16.5 Å². The molecule has 0 spiro atoms. The van der Waals surface area contributed by atoms with Gasteiger partial charge in [-0.2, -0.15) is 0 Å². The number of hydrogen-bond acceptors (Lipinski definition) is 3. The zero-order valence-electron chi connectivity index (χ0n) is 7.14. The summed E-state index contributed by atoms with van der Waals surface area (Å²) in [6.45, 7) is 0. The van der Waals surface area contributed by atoms with Crippen LogP contribution in [0.25, 0.3) is 10.9 Å². The second kappa shape index (κ2) is 3.31. The molecule has 0 bridgehead atoms. The van der Waals surface area contributed by atoms with Crippen molar-refractivity contribution in [1.82, 2.24) is 4.98 Å². The van der Waals surface area contributed by atoms with Gasteiger partial charge in [0.2, 0.25) is 0 Å². The maximum atomic E-state index is 10.9. The third-order valence-corrected chi connectivity index (χ3v) is 2.34. The topological polar surface area (TPSA) is 50.2 Å². The van der Waals surface area contributed by atoms with E-state index in [4.69, 9.17) is 5.11 Å². The largest absolute Gasteiger partial charge is 0.478 e. The summed E-state index contributed by atoms with van der Waals surface area (Å²) in [5.74, 6) is -0.948. The highest BCUT2D eigenvalue weighted by molar-refractivity contribution is 7.80. The Labute approximate surface area is 85.8 Å². The van der Waals surface area contributed by atoms with E-state index >= 15 is 0 Å². The summed E-state index contributed by atoms with van der Waals surface area (Å²) in [5, 5.41) is 9.54. The van der Waals surface area contributed by atoms with Crippen molar-refractivity contribution in [2.75, 3.05) is 0 Å². The van der Waals surface area contributed by atoms with Gasteiger partial charge in [0.15, 0.2) is 0 Å². The molecule has 0 saturated heterocycles. The Balaban J connectivity index is 2.88. The van der Waals surface area contributed by atoms with Crippen molar-refractivity contribution in [3.63, 3.8) is 0 Å². The number of fused-ring (bicyclic) bond motifs is 1. The molecule has 0 amide bonds. The standard InChI is InChI=1S/C10H7NO2S/c12-10(13)7-4-5-11-9-6(7)2-1-3-8(9)14/h1-5,14H,(H,12,13). The Morgan fingerprint density at radius 2 is 2.14 bits per heavy atom. The van der Waals surface area contributed by atoms with Gasteiger partial charge in [0.1, 0.15) is 0 Å². The molecule has 3 nitrogen and oxygen atoms in total. The SMILES string of the molecule is O=C(O)c1ccnc2c(S)cccc12. The van der Waals surface area contributed by atoms with Gasteiger partial charge in [-0.25, -0.2) is 4.79 Å². The van der Waals surface area contributed by atoms with E-state index in [9.17, 15) is 4.79 Å². The third kappa shape index (κ3) is 1.33. The van der Waals surface area contributed by atoms with E-state index < -0.39 is 5.97 Å². The second-order valence-corrected chi connectivity index (χ2v) is 3.32. The van der Waals surface area contributed by atoms with Gasteiger partial charge in [0.05, 0.1) is 11.1 Å². The second-order valence-electron chi connectivity index (χ2n) is 2.84. The molecule has 2 aromatic rings. The molecule has 0 unspecified atom stereocenters. The Kier molecular flexibility index (Phi) is 2.13. The van der Waals surface area contributed by atoms with E-state index in [2.05, 4.69) is 17.6 Å². The average molecular weight is 205 g/mol. The van der Waals surface area contributed by atoms with Gasteiger partial charge in [-0.05, 0) is 12.1 Å². The van der Waals surface area contributed by atoms with Crippen LogP contribution < -0.4 is 0 Å². The number of carboxylic acid groups (broad SMARTS) is 1. The smallest absolute Gasteiger partial charge is 0.336 e. The molecule has 4 heteroatoms. The molecule has 70 valence electrons. The van der Waals surface area contributed by atoms with Crippen molar-refractivity contribution >= 4 is 29.5 Å². The molecule has 0 saturated carbocycles. The predicted molar refractivity (Wildman–Crippen MR) is 56.0 cm³/mol. The van der Waals surface area contributed by atoms with Crippen LogP contribution in [0, 0.1) is 0 Å². The van der Waals surface area contributed by atoms with E-state index in [1.165, 1.54) is 12.3 Å². The highest BCUT2D eigenvalue weighted by Gasteiger charge is 2.09. The molecular formula is C10H7NO2S. The van der Waals surface area contributed by atoms with Crippen LogP contribution in [-0.4, -0.2) is 16.1 Å². The first kappa shape index (κ1) is 9.02. The van der Waals surface area contributed by atoms with E-state index in [1.54, 1.807) is 18.2 Å². The number of benzene rings is 1. The van der Waals surface area contributed by atoms with E-state index in [0.29, 0.717) is 15.8 Å². The van der Waals surface area contributed by atoms with Crippen LogP contribution in [0.4, 0.5) is 0 Å². The number of pyridine rings is 1. The summed E-state index contributed by atoms with van der Waals surface area (Å²) in [5.41, 5.74) is 0.877. The molecule has 0 aliphatic rings. The Morgan fingerprint density at radius 1 is 1.36 bits per heavy atom. The monoisotopic (exact) mass is 205 g/mol. The van der Waals surface area contributed by atoms with Crippen LogP contribution >= 0.6 is 12.6 Å². The quantitative estimate of drug-likeness (QED) is 0.702. The molecule has 1 heterocycles. The molecule has 0 atom stereocenters. The number of nitrogens with zero attached hydrogens (tertiary/aromatic N) is 1. The van der Waals surface area contributed by atoms with Gasteiger partial charge in [-0.3, -0.25) is 4.98 Å². The van der Waals surface area contributed by atoms with Crippen LogP contribution in [0.15, 0.2) is 35.4 Å². The van der Waals surface area contributed by atoms with Crippen molar-refractivity contribution in [3.8, 4) is 0 Å². The molecule has 2 rings (SSSR count). The first-order valence-corrected chi connectivity index (χ1v) is 4.45. The maximum absolute atomic E-state index is 10.9. The Morgan fingerprint density at radius 3 is 2.86 bits per heavy atom. The lowest BCUT2D eigenvalue weighted by molar-refractivity contribution is 0.0699. The van der Waals surface area contributed by atoms with E-state index in [0.717, 1.165) is 0 Å². The predicted octanol–water partition coefficient (Wildman–Crippen LogP) is 2.22. The normalized spacial score (nSPS) is 10.4. The third-order valence-electron chi connectivity index (χ3n) is 1.98. The van der Waals surface area contributed by atoms with Gasteiger partial charge in [0.25, 0.3) is 0 Å². The number of aromatic carboxylic acids is 1. The molecule has 0 aliphatic heterocycles. The van der Waals surface area contributed by atoms with Crippen LogP contribution in [0.2, 0.25) is 0 Å². The fraction of sp³-hybridized carbons (Fsp3) is 0. The van der Waals surface area contributed by atoms with Gasteiger partial charge in [-0.1, -0.05) is 12.1 Å². The first-order valence-electron chi connectivity index (χ1n) is 4.00. The summed E-state index contributed by atoms with van der Waals surface area (Å²) in [7, 11) is 0. The van der Waals surface area contributed by atoms with Crippen LogP contribution in [-0.2, 0) is 0 Å². The minimum atomic E-state index is -0.948. The number of aromatic nitrogens is 1. The highest BCUT2D eigenvalue weighted by Crippen LogP contribution is 2.22. The zero-order valence-corrected chi connectivity index (χ0v) is 8.03. The van der Waals surface area contributed by atoms with Crippen LogP contribution in [0.1, 0.15) is 10.4 Å². The molecule has 0 fully saturated rings. The fourth-order valence-electron chi connectivity index (χ4n) is 1.35. The minimum Gasteiger partial charge on any atom is -0.478 e. The lowest BCUT2D eigenvalue weighted by atomic mass is 10.1. The fourth-order valence-corrected chi connectivity index (χ4v) is 1.61. The summed E-state index contributed by atoms with van der Waals surface area (Å²) in [6, 6.07) is 6.76. The molecule has 0 aliphatic carbocycles. The van der Waals surface area contributed by atoms with Gasteiger partial charge in [-0.15, -0.1) is 12.6 Å². The number of para-hydroxylation sites is 1. The van der Waals surface area contributed by atoms with Crippen molar-refractivity contribution in [2.45, 2.75) is 4.90 Å². The molecule has 0 radical (unpaired) electrons. The maximum Gasteiger partial charge on any atom is 0.336 e. The van der Waals surface area contributed by atoms with Crippen molar-refractivity contribution in [3.05, 3.63) is 36.0 Å². The summed E-state index contributed by atoms with van der Waals surface area (Å²) >= 11 is 4.21. The van der Waals surface area contributed by atoms with Crippen molar-refractivity contribution in [1.29, 1.82) is 0 Å². The molecule has 1 N–H and O–H groups in total. The van der Waals surface area contributed by atoms with E-state index in [-0.39, 0.29) is 5.56 Å². The number of carbonyl (C=O) groups is 1. The average Bonchev–Trinajstić information content (AvgIpc) is 2.17. The lowest BCUT2D eigenvalue weighted by Crippen LogP contribution is -1.98. The molecule has 1 aromatic heterocycles. The summed E-state index contributed by atoms with van der Waals surface area (Å²) in [4.78, 5) is 15.6. The first-order chi connectivity index (χ1) is 6.70. The number of hydrogen-bond donors (Lipinski definition) is 2. The zero-order chi connectivity index (χ0) is 10.1. The summed E-state index contributed by atoms with van der Waals surface area (Å²) < 4.78 is 0. The number of thiol groups is 1. The van der Waals surface area contributed by atoms with Crippen LogP contribution in [0.5, 0.6) is 0 Å². The van der Waals surface area contributed by atoms with Gasteiger partial charge >= 0.3 is 5.97 Å². The molecule has 1 aromatic carbocycles. The summed E-state index contributed by atoms with van der Waals surface area (Å²) in [6.07, 6.45) is 1.48.